The molecule has 82 valence electrons. The number of hydrogen-bond acceptors (Lipinski definition) is 1. The number of allylic oxidation sites excluding steroid dienone is 4. The maximum Gasteiger partial charge on any atom is 0.0493 e. The van der Waals surface area contributed by atoms with Gasteiger partial charge in [-0.05, 0) is 24.1 Å². The van der Waals surface area contributed by atoms with E-state index in [9.17, 15) is 0 Å². The molecule has 0 amide bonds. The molecule has 1 heterocycles. The third-order valence-corrected chi connectivity index (χ3v) is 1.74. The van der Waals surface area contributed by atoms with E-state index in [-0.39, 0.29) is 0 Å². The molecule has 15 heavy (non-hydrogen) atoms. The van der Waals surface area contributed by atoms with Gasteiger partial charge in [0.2, 0.25) is 0 Å². The van der Waals surface area contributed by atoms with Crippen molar-refractivity contribution in [3.63, 3.8) is 0 Å². The maximum absolute atomic E-state index is 4.04. The van der Waals surface area contributed by atoms with Crippen molar-refractivity contribution in [1.82, 2.24) is 9.78 Å². The minimum Gasteiger partial charge on any atom is -0.248 e. The van der Waals surface area contributed by atoms with Crippen LogP contribution in [0.2, 0.25) is 0 Å². The van der Waals surface area contributed by atoms with Crippen LogP contribution >= 0.6 is 0 Å². The molecule has 0 spiro atoms. The van der Waals surface area contributed by atoms with E-state index in [1.165, 1.54) is 5.57 Å². The average Bonchev–Trinajstić information content (AvgIpc) is 2.80. The zero-order valence-corrected chi connectivity index (χ0v) is 9.85. The molecule has 2 nitrogen and oxygen atoms in total. The molecular weight excluding hydrogens is 184 g/mol. The molecule has 1 rings (SSSR count). The van der Waals surface area contributed by atoms with Gasteiger partial charge in [-0.3, -0.25) is 0 Å². The molecule has 0 aromatic carbocycles. The molecule has 0 radical (unpaired) electrons. The average molecular weight is 204 g/mol. The van der Waals surface area contributed by atoms with Crippen LogP contribution in [-0.2, 0) is 0 Å². The topological polar surface area (TPSA) is 17.8 Å². The van der Waals surface area contributed by atoms with Crippen LogP contribution in [0.4, 0.5) is 0 Å². The van der Waals surface area contributed by atoms with Gasteiger partial charge >= 0.3 is 0 Å². The van der Waals surface area contributed by atoms with Gasteiger partial charge in [-0.1, -0.05) is 39.5 Å². The second-order valence-electron chi connectivity index (χ2n) is 2.63. The molecule has 0 N–H and O–H groups in total. The molecule has 0 saturated carbocycles. The number of rotatable bonds is 4. The Morgan fingerprint density at radius 3 is 2.67 bits per heavy atom. The third kappa shape index (κ3) is 5.68. The van der Waals surface area contributed by atoms with Crippen molar-refractivity contribution in [1.29, 1.82) is 0 Å². The quantitative estimate of drug-likeness (QED) is 0.680. The summed E-state index contributed by atoms with van der Waals surface area (Å²) in [5.41, 5.74) is 1.23. The van der Waals surface area contributed by atoms with Gasteiger partial charge < -0.3 is 0 Å². The van der Waals surface area contributed by atoms with Gasteiger partial charge in [0.05, 0.1) is 0 Å². The second kappa shape index (κ2) is 9.00. The van der Waals surface area contributed by atoms with E-state index in [1.54, 1.807) is 10.9 Å². The lowest BCUT2D eigenvalue weighted by Gasteiger charge is -1.91. The smallest absolute Gasteiger partial charge is 0.0493 e. The molecule has 0 bridgehead atoms. The molecule has 1 aromatic rings. The van der Waals surface area contributed by atoms with Gasteiger partial charge in [0.15, 0.2) is 0 Å². The molecule has 2 heteroatoms. The van der Waals surface area contributed by atoms with Crippen LogP contribution in [0.3, 0.4) is 0 Å². The van der Waals surface area contributed by atoms with Crippen LogP contribution < -0.4 is 0 Å². The Morgan fingerprint density at radius 1 is 1.47 bits per heavy atom. The first-order valence-corrected chi connectivity index (χ1v) is 5.35. The predicted octanol–water partition coefficient (Wildman–Crippen LogP) is 3.90. The van der Waals surface area contributed by atoms with E-state index in [1.807, 2.05) is 50.5 Å². The molecule has 0 aliphatic rings. The minimum absolute atomic E-state index is 1.01. The number of hydrogen-bond donors (Lipinski definition) is 0. The van der Waals surface area contributed by atoms with Gasteiger partial charge in [0.25, 0.3) is 0 Å². The van der Waals surface area contributed by atoms with Crippen LogP contribution in [0.1, 0.15) is 27.2 Å². The van der Waals surface area contributed by atoms with Crippen LogP contribution in [0.25, 0.3) is 6.20 Å². The zero-order valence-electron chi connectivity index (χ0n) is 9.85. The highest BCUT2D eigenvalue weighted by Crippen LogP contribution is 2.01. The lowest BCUT2D eigenvalue weighted by atomic mass is 10.2. The summed E-state index contributed by atoms with van der Waals surface area (Å²) in [7, 11) is 0. The monoisotopic (exact) mass is 204 g/mol. The minimum atomic E-state index is 1.01. The summed E-state index contributed by atoms with van der Waals surface area (Å²) in [6, 6.07) is 1.89. The Kier molecular flexibility index (Phi) is 8.06. The molecule has 0 aliphatic carbocycles. The van der Waals surface area contributed by atoms with E-state index >= 15 is 0 Å². The fraction of sp³-hybridized carbons (Fsp3) is 0.308. The number of nitrogens with zero attached hydrogens (tertiary/aromatic N) is 2. The van der Waals surface area contributed by atoms with E-state index in [2.05, 4.69) is 18.6 Å². The van der Waals surface area contributed by atoms with Gasteiger partial charge in [-0.25, -0.2) is 4.68 Å². The summed E-state index contributed by atoms with van der Waals surface area (Å²) < 4.78 is 1.76. The largest absolute Gasteiger partial charge is 0.248 e. The van der Waals surface area contributed by atoms with Crippen molar-refractivity contribution < 1.29 is 0 Å². The van der Waals surface area contributed by atoms with Crippen molar-refractivity contribution in [2.45, 2.75) is 27.2 Å². The highest BCUT2D eigenvalue weighted by atomic mass is 15.2. The van der Waals surface area contributed by atoms with E-state index in [4.69, 9.17) is 0 Å². The summed E-state index contributed by atoms with van der Waals surface area (Å²) in [5, 5.41) is 4.04. The molecule has 0 unspecified atom stereocenters. The molecule has 0 aliphatic heterocycles. The summed E-state index contributed by atoms with van der Waals surface area (Å²) in [4.78, 5) is 0. The van der Waals surface area contributed by atoms with E-state index < -0.39 is 0 Å². The Hall–Kier alpha value is -1.57. The lowest BCUT2D eigenvalue weighted by Crippen LogP contribution is -1.83. The standard InChI is InChI=1S/C11H14N2.C2H6/c1-3-11(4-2)7-5-9-13-10-6-8-12-13;1-2/h3,5-10H,1,4H2,2H3;1-2H3/b9-5+,11-7+;. The highest BCUT2D eigenvalue weighted by Gasteiger charge is 1.82. The van der Waals surface area contributed by atoms with Crippen LogP contribution in [0.5, 0.6) is 0 Å². The predicted molar refractivity (Wildman–Crippen MR) is 67.5 cm³/mol. The molecule has 0 atom stereocenters. The van der Waals surface area contributed by atoms with Crippen LogP contribution in [0, 0.1) is 0 Å². The molecule has 0 saturated heterocycles. The van der Waals surface area contributed by atoms with Gasteiger partial charge in [0.1, 0.15) is 0 Å². The van der Waals surface area contributed by atoms with E-state index in [0.29, 0.717) is 0 Å². The second-order valence-corrected chi connectivity index (χ2v) is 2.63. The normalized spacial score (nSPS) is 11.0. The fourth-order valence-electron chi connectivity index (χ4n) is 0.954. The van der Waals surface area contributed by atoms with Crippen molar-refractivity contribution >= 4 is 6.20 Å². The Labute approximate surface area is 92.6 Å². The Morgan fingerprint density at radius 2 is 2.20 bits per heavy atom. The van der Waals surface area contributed by atoms with Crippen molar-refractivity contribution in [3.8, 4) is 0 Å². The summed E-state index contributed by atoms with van der Waals surface area (Å²) in [6.07, 6.45) is 12.4. The summed E-state index contributed by atoms with van der Waals surface area (Å²) in [5.74, 6) is 0. The van der Waals surface area contributed by atoms with Crippen LogP contribution in [0.15, 0.2) is 48.8 Å². The zero-order chi connectivity index (χ0) is 11.5. The third-order valence-electron chi connectivity index (χ3n) is 1.74. The van der Waals surface area contributed by atoms with Crippen molar-refractivity contribution in [3.05, 3.63) is 48.8 Å². The van der Waals surface area contributed by atoms with Gasteiger partial charge in [0, 0.05) is 18.6 Å². The highest BCUT2D eigenvalue weighted by molar-refractivity contribution is 5.31. The Balaban J connectivity index is 0.000000921. The SMILES string of the molecule is C=C/C(=C\C=C\n1cccn1)CC.CC. The Bertz CT molecular complexity index is 305. The maximum atomic E-state index is 4.04. The first-order valence-electron chi connectivity index (χ1n) is 5.35. The molecule has 0 fully saturated rings. The van der Waals surface area contributed by atoms with Crippen molar-refractivity contribution in [2.75, 3.05) is 0 Å². The molecular formula is C13H20N2. The molecule has 1 aromatic heterocycles. The summed E-state index contributed by atoms with van der Waals surface area (Å²) in [6.45, 7) is 9.83. The summed E-state index contributed by atoms with van der Waals surface area (Å²) >= 11 is 0. The van der Waals surface area contributed by atoms with Gasteiger partial charge in [-0.2, -0.15) is 5.10 Å². The number of aromatic nitrogens is 2. The van der Waals surface area contributed by atoms with Crippen LogP contribution in [-0.4, -0.2) is 9.78 Å². The first kappa shape index (κ1) is 13.4. The fourth-order valence-corrected chi connectivity index (χ4v) is 0.954. The van der Waals surface area contributed by atoms with Gasteiger partial charge in [-0.15, -0.1) is 0 Å². The lowest BCUT2D eigenvalue weighted by molar-refractivity contribution is 0.935. The van der Waals surface area contributed by atoms with Crippen molar-refractivity contribution in [2.24, 2.45) is 0 Å². The van der Waals surface area contributed by atoms with E-state index in [0.717, 1.165) is 6.42 Å². The first-order chi connectivity index (χ1) is 7.36.